The van der Waals surface area contributed by atoms with Crippen LogP contribution in [0.5, 0.6) is 0 Å². The molecule has 0 N–H and O–H groups in total. The summed E-state index contributed by atoms with van der Waals surface area (Å²) in [5.41, 5.74) is 2.18. The van der Waals surface area contributed by atoms with E-state index in [0.717, 1.165) is 17.2 Å². The van der Waals surface area contributed by atoms with Crippen LogP contribution in [0.3, 0.4) is 0 Å². The van der Waals surface area contributed by atoms with Crippen molar-refractivity contribution in [3.8, 4) is 0 Å². The van der Waals surface area contributed by atoms with Crippen LogP contribution in [0.2, 0.25) is 5.02 Å². The molecule has 2 aromatic rings. The lowest BCUT2D eigenvalue weighted by Gasteiger charge is -2.13. The van der Waals surface area contributed by atoms with Crippen molar-refractivity contribution < 1.29 is 18.7 Å². The number of aryl methyl sites for hydroxylation is 2. The van der Waals surface area contributed by atoms with Crippen LogP contribution in [0.1, 0.15) is 38.8 Å². The Labute approximate surface area is 139 Å². The van der Waals surface area contributed by atoms with E-state index in [9.17, 15) is 14.0 Å². The highest BCUT2D eigenvalue weighted by molar-refractivity contribution is 6.30. The predicted molar refractivity (Wildman–Crippen MR) is 86.5 cm³/mol. The summed E-state index contributed by atoms with van der Waals surface area (Å²) in [5, 5.41) is 0.214. The summed E-state index contributed by atoms with van der Waals surface area (Å²) in [6.45, 7) is 5.29. The van der Waals surface area contributed by atoms with Crippen molar-refractivity contribution >= 4 is 23.4 Å². The molecule has 0 amide bonds. The van der Waals surface area contributed by atoms with Gasteiger partial charge in [-0.1, -0.05) is 23.7 Å². The number of hydrogen-bond acceptors (Lipinski definition) is 3. The number of hydrogen-bond donors (Lipinski definition) is 0. The second kappa shape index (κ2) is 6.92. The third-order valence-electron chi connectivity index (χ3n) is 3.59. The minimum Gasteiger partial charge on any atom is -0.451 e. The Bertz CT molecular complexity index is 771. The van der Waals surface area contributed by atoms with Crippen LogP contribution >= 0.6 is 11.6 Å². The second-order valence-corrected chi connectivity index (χ2v) is 5.77. The van der Waals surface area contributed by atoms with E-state index < -0.39 is 17.9 Å². The molecule has 0 radical (unpaired) electrons. The number of benzene rings is 2. The normalized spacial score (nSPS) is 11.9. The molecule has 3 nitrogen and oxygen atoms in total. The van der Waals surface area contributed by atoms with Crippen molar-refractivity contribution in [2.45, 2.75) is 26.9 Å². The number of ether oxygens (including phenoxy) is 1. The van der Waals surface area contributed by atoms with Gasteiger partial charge in [0, 0.05) is 10.6 Å². The van der Waals surface area contributed by atoms with Crippen LogP contribution in [0.4, 0.5) is 4.39 Å². The van der Waals surface area contributed by atoms with Crippen LogP contribution < -0.4 is 0 Å². The first-order valence-electron chi connectivity index (χ1n) is 7.07. The van der Waals surface area contributed by atoms with E-state index in [1.807, 2.05) is 19.9 Å². The fraction of sp³-hybridized carbons (Fsp3) is 0.222. The highest BCUT2D eigenvalue weighted by atomic mass is 35.5. The number of carbonyl (C=O) groups is 2. The Hall–Kier alpha value is -2.20. The molecule has 0 aliphatic heterocycles. The zero-order valence-electron chi connectivity index (χ0n) is 13.0. The Kier molecular flexibility index (Phi) is 5.16. The Morgan fingerprint density at radius 2 is 1.78 bits per heavy atom. The molecule has 0 heterocycles. The summed E-state index contributed by atoms with van der Waals surface area (Å²) in [7, 11) is 0. The van der Waals surface area contributed by atoms with E-state index in [4.69, 9.17) is 16.3 Å². The molecule has 0 saturated heterocycles. The average Bonchev–Trinajstić information content (AvgIpc) is 2.51. The van der Waals surface area contributed by atoms with E-state index in [0.29, 0.717) is 5.56 Å². The van der Waals surface area contributed by atoms with Gasteiger partial charge in [0.15, 0.2) is 6.10 Å². The highest BCUT2D eigenvalue weighted by Crippen LogP contribution is 2.18. The van der Waals surface area contributed by atoms with Gasteiger partial charge in [-0.05, 0) is 56.2 Å². The average molecular weight is 335 g/mol. The smallest absolute Gasteiger partial charge is 0.341 e. The standard InChI is InChI=1S/C18H16ClFO3/c1-10-4-5-13(8-11(10)2)17(21)12(3)23-18(22)15-9-14(19)6-7-16(15)20/h4-9,12H,1-3H3/t12-/m0/s1. The summed E-state index contributed by atoms with van der Waals surface area (Å²) in [5.74, 6) is -2.01. The third kappa shape index (κ3) is 3.96. The topological polar surface area (TPSA) is 43.4 Å². The summed E-state index contributed by atoms with van der Waals surface area (Å²) >= 11 is 5.75. The number of rotatable bonds is 4. The first-order valence-corrected chi connectivity index (χ1v) is 7.45. The molecule has 5 heteroatoms. The molecule has 1 atom stereocenters. The minimum absolute atomic E-state index is 0.214. The van der Waals surface area contributed by atoms with E-state index in [2.05, 4.69) is 0 Å². The molecular weight excluding hydrogens is 319 g/mol. The molecule has 120 valence electrons. The first kappa shape index (κ1) is 17.2. The summed E-state index contributed by atoms with van der Waals surface area (Å²) in [6.07, 6.45) is -1.03. The van der Waals surface area contributed by atoms with Gasteiger partial charge in [-0.15, -0.1) is 0 Å². The fourth-order valence-electron chi connectivity index (χ4n) is 2.06. The van der Waals surface area contributed by atoms with Crippen LogP contribution in [-0.4, -0.2) is 17.9 Å². The van der Waals surface area contributed by atoms with Gasteiger partial charge in [0.2, 0.25) is 5.78 Å². The van der Waals surface area contributed by atoms with E-state index in [-0.39, 0.29) is 16.4 Å². The molecule has 0 aliphatic carbocycles. The molecule has 0 aliphatic rings. The van der Waals surface area contributed by atoms with Crippen LogP contribution in [-0.2, 0) is 4.74 Å². The molecule has 0 unspecified atom stereocenters. The molecule has 2 aromatic carbocycles. The molecular formula is C18H16ClFO3. The fourth-order valence-corrected chi connectivity index (χ4v) is 2.23. The van der Waals surface area contributed by atoms with Crippen molar-refractivity contribution in [3.05, 3.63) is 69.5 Å². The van der Waals surface area contributed by atoms with Crippen molar-refractivity contribution in [2.75, 3.05) is 0 Å². The minimum atomic E-state index is -1.03. The molecule has 23 heavy (non-hydrogen) atoms. The molecule has 2 rings (SSSR count). The number of ketones is 1. The zero-order valence-corrected chi connectivity index (χ0v) is 13.8. The maximum atomic E-state index is 13.6. The Morgan fingerprint density at radius 1 is 1.09 bits per heavy atom. The van der Waals surface area contributed by atoms with Gasteiger partial charge >= 0.3 is 5.97 Å². The molecule has 0 aromatic heterocycles. The van der Waals surface area contributed by atoms with Crippen molar-refractivity contribution in [3.63, 3.8) is 0 Å². The number of Topliss-reactive ketones (excluding diaryl/α,β-unsaturated/α-hetero) is 1. The maximum absolute atomic E-state index is 13.6. The van der Waals surface area contributed by atoms with Gasteiger partial charge in [-0.2, -0.15) is 0 Å². The summed E-state index contributed by atoms with van der Waals surface area (Å²) in [4.78, 5) is 24.3. The third-order valence-corrected chi connectivity index (χ3v) is 3.83. The second-order valence-electron chi connectivity index (χ2n) is 5.33. The Balaban J connectivity index is 2.15. The molecule has 0 spiro atoms. The van der Waals surface area contributed by atoms with Crippen molar-refractivity contribution in [2.24, 2.45) is 0 Å². The predicted octanol–water partition coefficient (Wildman–Crippen LogP) is 4.52. The van der Waals surface area contributed by atoms with E-state index in [1.165, 1.54) is 19.1 Å². The quantitative estimate of drug-likeness (QED) is 0.609. The van der Waals surface area contributed by atoms with Crippen molar-refractivity contribution in [1.82, 2.24) is 0 Å². The first-order chi connectivity index (χ1) is 10.8. The summed E-state index contributed by atoms with van der Waals surface area (Å²) < 4.78 is 18.7. The summed E-state index contributed by atoms with van der Waals surface area (Å²) in [6, 6.07) is 8.82. The van der Waals surface area contributed by atoms with Gasteiger partial charge in [0.25, 0.3) is 0 Å². The van der Waals surface area contributed by atoms with Gasteiger partial charge in [0.1, 0.15) is 5.82 Å². The number of halogens is 2. The molecule has 0 saturated carbocycles. The lowest BCUT2D eigenvalue weighted by atomic mass is 10.0. The van der Waals surface area contributed by atoms with E-state index >= 15 is 0 Å². The van der Waals surface area contributed by atoms with Gasteiger partial charge in [-0.25, -0.2) is 9.18 Å². The van der Waals surface area contributed by atoms with Crippen LogP contribution in [0.25, 0.3) is 0 Å². The van der Waals surface area contributed by atoms with Crippen LogP contribution in [0, 0.1) is 19.7 Å². The van der Waals surface area contributed by atoms with Gasteiger partial charge < -0.3 is 4.74 Å². The van der Waals surface area contributed by atoms with Crippen LogP contribution in [0.15, 0.2) is 36.4 Å². The van der Waals surface area contributed by atoms with E-state index in [1.54, 1.807) is 12.1 Å². The highest BCUT2D eigenvalue weighted by Gasteiger charge is 2.22. The number of esters is 1. The molecule has 0 bridgehead atoms. The van der Waals surface area contributed by atoms with Crippen molar-refractivity contribution in [1.29, 1.82) is 0 Å². The zero-order chi connectivity index (χ0) is 17.1. The monoisotopic (exact) mass is 334 g/mol. The lowest BCUT2D eigenvalue weighted by molar-refractivity contribution is 0.0314. The molecule has 0 fully saturated rings. The lowest BCUT2D eigenvalue weighted by Crippen LogP contribution is -2.25. The largest absolute Gasteiger partial charge is 0.451 e. The SMILES string of the molecule is Cc1ccc(C(=O)[C@H](C)OC(=O)c2cc(Cl)ccc2F)cc1C. The van der Waals surface area contributed by atoms with Gasteiger partial charge in [-0.3, -0.25) is 4.79 Å². The van der Waals surface area contributed by atoms with Gasteiger partial charge in [0.05, 0.1) is 5.56 Å². The number of carbonyl (C=O) groups excluding carboxylic acids is 2. The Morgan fingerprint density at radius 3 is 2.43 bits per heavy atom. The maximum Gasteiger partial charge on any atom is 0.341 e.